The average Bonchev–Trinajstić information content (AvgIpc) is 3.39. The third kappa shape index (κ3) is 5.09. The fourth-order valence-corrected chi connectivity index (χ4v) is 4.94. The van der Waals surface area contributed by atoms with E-state index in [1.165, 1.54) is 0 Å². The van der Waals surface area contributed by atoms with Gasteiger partial charge in [-0.05, 0) is 33.6 Å². The molecule has 0 aliphatic carbocycles. The van der Waals surface area contributed by atoms with Gasteiger partial charge in [-0.15, -0.1) is 0 Å². The molecule has 0 saturated carbocycles. The van der Waals surface area contributed by atoms with E-state index in [9.17, 15) is 14.9 Å². The normalized spacial score (nSPS) is 20.9. The topological polar surface area (TPSA) is 142 Å². The largest absolute Gasteiger partial charge is 0.444 e. The number of aromatic nitrogens is 4. The Balaban J connectivity index is 1.24. The van der Waals surface area contributed by atoms with Gasteiger partial charge < -0.3 is 19.7 Å². The molecule has 0 radical (unpaired) electrons. The van der Waals surface area contributed by atoms with Crippen LogP contribution >= 0.6 is 0 Å². The van der Waals surface area contributed by atoms with Gasteiger partial charge in [0.15, 0.2) is 17.1 Å². The molecule has 1 spiro atoms. The molecule has 2 amide bonds. The first-order valence-electron chi connectivity index (χ1n) is 12.3. The summed E-state index contributed by atoms with van der Waals surface area (Å²) in [6, 6.07) is 2.00. The second-order valence-electron chi connectivity index (χ2n) is 10.8. The van der Waals surface area contributed by atoms with Crippen LogP contribution in [0.25, 0.3) is 0 Å². The molecule has 3 fully saturated rings. The van der Waals surface area contributed by atoms with Crippen molar-refractivity contribution in [3.63, 3.8) is 0 Å². The number of nitrogens with one attached hydrogen (secondary N) is 1. The third-order valence-corrected chi connectivity index (χ3v) is 6.60. The molecule has 1 N–H and O–H groups in total. The Hall–Kier alpha value is -4.08. The van der Waals surface area contributed by atoms with Crippen LogP contribution in [0.1, 0.15) is 39.3 Å². The lowest BCUT2D eigenvalue weighted by molar-refractivity contribution is -0.0789. The maximum Gasteiger partial charge on any atom is 0.410 e. The Labute approximate surface area is 214 Å². The molecule has 3 aliphatic heterocycles. The molecule has 196 valence electrons. The number of aryl methyl sites for hydroxylation is 1. The summed E-state index contributed by atoms with van der Waals surface area (Å²) in [6.45, 7) is 7.86. The second kappa shape index (κ2) is 9.10. The molecule has 1 atom stereocenters. The standard InChI is InChI=1S/C24H31N9O4/c1-23(2,3)36-21(34)32-13-24(14-32)15-33(22(35)37-24)17-6-5-7-31(12-17)19-10-26-18(8-25)20(29-19)28-16-9-27-30(4)11-16/h9-11,17H,5-7,12-15H2,1-4H3,(H,28,29). The molecule has 37 heavy (non-hydrogen) atoms. The van der Waals surface area contributed by atoms with Crippen molar-refractivity contribution in [1.29, 1.82) is 5.26 Å². The molecule has 2 aromatic rings. The maximum absolute atomic E-state index is 12.8. The Morgan fingerprint density at radius 3 is 2.76 bits per heavy atom. The molecule has 13 nitrogen and oxygen atoms in total. The molecule has 3 saturated heterocycles. The number of nitriles is 1. The van der Waals surface area contributed by atoms with Crippen LogP contribution in [-0.4, -0.2) is 91.7 Å². The summed E-state index contributed by atoms with van der Waals surface area (Å²) in [5.74, 6) is 0.975. The number of hydrogen-bond acceptors (Lipinski definition) is 10. The Bertz CT molecular complexity index is 1240. The number of rotatable bonds is 4. The summed E-state index contributed by atoms with van der Waals surface area (Å²) in [7, 11) is 1.80. The number of likely N-dealkylation sites (tertiary alicyclic amines) is 1. The van der Waals surface area contributed by atoms with Gasteiger partial charge in [0.1, 0.15) is 17.5 Å². The zero-order valence-corrected chi connectivity index (χ0v) is 21.5. The lowest BCUT2D eigenvalue weighted by Crippen LogP contribution is -2.66. The summed E-state index contributed by atoms with van der Waals surface area (Å²) in [5, 5.41) is 16.7. The minimum atomic E-state index is -0.689. The van der Waals surface area contributed by atoms with Crippen molar-refractivity contribution in [3.8, 4) is 6.07 Å². The van der Waals surface area contributed by atoms with E-state index in [1.807, 2.05) is 20.8 Å². The van der Waals surface area contributed by atoms with Gasteiger partial charge in [-0.1, -0.05) is 0 Å². The van der Waals surface area contributed by atoms with Crippen molar-refractivity contribution in [2.45, 2.75) is 50.9 Å². The van der Waals surface area contributed by atoms with Crippen molar-refractivity contribution < 1.29 is 19.1 Å². The summed E-state index contributed by atoms with van der Waals surface area (Å²) in [4.78, 5) is 39.6. The zero-order chi connectivity index (χ0) is 26.4. The van der Waals surface area contributed by atoms with Crippen LogP contribution in [0.15, 0.2) is 18.6 Å². The van der Waals surface area contributed by atoms with Gasteiger partial charge in [-0.3, -0.25) is 14.5 Å². The van der Waals surface area contributed by atoms with E-state index in [4.69, 9.17) is 9.47 Å². The van der Waals surface area contributed by atoms with E-state index in [-0.39, 0.29) is 17.8 Å². The quantitative estimate of drug-likeness (QED) is 0.652. The molecule has 5 heterocycles. The van der Waals surface area contributed by atoms with Crippen LogP contribution in [0.3, 0.4) is 0 Å². The van der Waals surface area contributed by atoms with Gasteiger partial charge in [0.2, 0.25) is 0 Å². The van der Waals surface area contributed by atoms with E-state index in [1.54, 1.807) is 40.1 Å². The molecule has 3 aliphatic rings. The van der Waals surface area contributed by atoms with Crippen LogP contribution in [0.4, 0.5) is 26.9 Å². The Kier molecular flexibility index (Phi) is 6.05. The number of amides is 2. The van der Waals surface area contributed by atoms with Crippen molar-refractivity contribution in [1.82, 2.24) is 29.5 Å². The van der Waals surface area contributed by atoms with Gasteiger partial charge in [0, 0.05) is 26.3 Å². The van der Waals surface area contributed by atoms with Gasteiger partial charge in [-0.2, -0.15) is 10.4 Å². The van der Waals surface area contributed by atoms with Gasteiger partial charge >= 0.3 is 12.2 Å². The molecular formula is C24H31N9O4. The molecule has 2 aromatic heterocycles. The summed E-state index contributed by atoms with van der Waals surface area (Å²) in [6.07, 6.45) is 5.95. The maximum atomic E-state index is 12.8. The first-order chi connectivity index (χ1) is 17.5. The van der Waals surface area contributed by atoms with Crippen molar-refractivity contribution in [3.05, 3.63) is 24.3 Å². The van der Waals surface area contributed by atoms with Crippen LogP contribution < -0.4 is 10.2 Å². The molecule has 1 unspecified atom stereocenters. The molecule has 0 bridgehead atoms. The molecule has 0 aromatic carbocycles. The molecular weight excluding hydrogens is 478 g/mol. The lowest BCUT2D eigenvalue weighted by Gasteiger charge is -2.45. The predicted molar refractivity (Wildman–Crippen MR) is 132 cm³/mol. The highest BCUT2D eigenvalue weighted by atomic mass is 16.6. The highest BCUT2D eigenvalue weighted by Crippen LogP contribution is 2.36. The van der Waals surface area contributed by atoms with E-state index in [2.05, 4.69) is 31.4 Å². The number of carbonyl (C=O) groups is 2. The van der Waals surface area contributed by atoms with E-state index < -0.39 is 17.3 Å². The first kappa shape index (κ1) is 24.6. The number of nitrogens with zero attached hydrogens (tertiary/aromatic N) is 8. The van der Waals surface area contributed by atoms with Crippen molar-refractivity contribution in [2.24, 2.45) is 7.05 Å². The van der Waals surface area contributed by atoms with E-state index >= 15 is 0 Å². The monoisotopic (exact) mass is 509 g/mol. The van der Waals surface area contributed by atoms with Gasteiger partial charge in [0.25, 0.3) is 0 Å². The summed E-state index contributed by atoms with van der Waals surface area (Å²) < 4.78 is 12.8. The smallest absolute Gasteiger partial charge is 0.410 e. The fraction of sp³-hybridized carbons (Fsp3) is 0.583. The second-order valence-corrected chi connectivity index (χ2v) is 10.8. The van der Waals surface area contributed by atoms with Crippen LogP contribution in [0.2, 0.25) is 0 Å². The minimum absolute atomic E-state index is 0.0663. The van der Waals surface area contributed by atoms with Crippen molar-refractivity contribution >= 4 is 29.5 Å². The number of piperidine rings is 1. The number of ether oxygens (including phenoxy) is 2. The Morgan fingerprint density at radius 1 is 1.30 bits per heavy atom. The first-order valence-corrected chi connectivity index (χ1v) is 12.3. The van der Waals surface area contributed by atoms with Crippen molar-refractivity contribution in [2.75, 3.05) is 42.9 Å². The van der Waals surface area contributed by atoms with Crippen LogP contribution in [0.5, 0.6) is 0 Å². The van der Waals surface area contributed by atoms with Crippen LogP contribution in [-0.2, 0) is 16.5 Å². The molecule has 5 rings (SSSR count). The average molecular weight is 510 g/mol. The lowest BCUT2D eigenvalue weighted by atomic mass is 9.93. The summed E-state index contributed by atoms with van der Waals surface area (Å²) >= 11 is 0. The van der Waals surface area contributed by atoms with Crippen LogP contribution in [0, 0.1) is 11.3 Å². The van der Waals surface area contributed by atoms with E-state index in [0.717, 1.165) is 19.4 Å². The van der Waals surface area contributed by atoms with E-state index in [0.29, 0.717) is 43.5 Å². The number of anilines is 3. The molecule has 13 heteroatoms. The number of hydrogen-bond donors (Lipinski definition) is 1. The highest BCUT2D eigenvalue weighted by molar-refractivity contribution is 5.74. The SMILES string of the molecule is Cn1cc(Nc2nc(N3CCCC(N4CC5(CN(C(=O)OC(C)(C)C)C5)OC4=O)C3)cnc2C#N)cn1. The summed E-state index contributed by atoms with van der Waals surface area (Å²) in [5.41, 5.74) is -0.379. The Morgan fingerprint density at radius 2 is 2.08 bits per heavy atom. The fourth-order valence-electron chi connectivity index (χ4n) is 4.94. The number of carbonyl (C=O) groups excluding carboxylic acids is 2. The zero-order valence-electron chi connectivity index (χ0n) is 21.5. The predicted octanol–water partition coefficient (Wildman–Crippen LogP) is 2.24. The highest BCUT2D eigenvalue weighted by Gasteiger charge is 2.57. The van der Waals surface area contributed by atoms with Gasteiger partial charge in [0.05, 0.1) is 43.8 Å². The third-order valence-electron chi connectivity index (χ3n) is 6.60. The van der Waals surface area contributed by atoms with Gasteiger partial charge in [-0.25, -0.2) is 19.6 Å². The minimum Gasteiger partial charge on any atom is -0.444 e.